The molecule has 0 bridgehead atoms. The molecule has 2 aliphatic rings. The number of amides is 3. The summed E-state index contributed by atoms with van der Waals surface area (Å²) in [6.07, 6.45) is 0.656. The van der Waals surface area contributed by atoms with Crippen molar-refractivity contribution in [2.24, 2.45) is 5.41 Å². The largest absolute Gasteiger partial charge is 0.416 e. The molecule has 2 aliphatic heterocycles. The molecular weight excluding hydrogens is 551 g/mol. The lowest BCUT2D eigenvalue weighted by molar-refractivity contribution is -0.139. The molecule has 2 heterocycles. The zero-order valence-corrected chi connectivity index (χ0v) is 26.2. The van der Waals surface area contributed by atoms with Crippen molar-refractivity contribution in [1.29, 1.82) is 0 Å². The highest BCUT2D eigenvalue weighted by molar-refractivity contribution is 5.87. The zero-order valence-electron chi connectivity index (χ0n) is 26.2. The molecule has 8 heteroatoms. The van der Waals surface area contributed by atoms with Crippen LogP contribution >= 0.6 is 0 Å². The van der Waals surface area contributed by atoms with Crippen LogP contribution in [0.4, 0.5) is 18.0 Å². The van der Waals surface area contributed by atoms with Crippen LogP contribution in [0.15, 0.2) is 61.7 Å². The first kappa shape index (κ1) is 32.4. The number of piperazine rings is 1. The molecule has 2 aromatic rings. The monoisotopic (exact) mass is 595 g/mol. The van der Waals surface area contributed by atoms with E-state index in [1.807, 2.05) is 49.6 Å². The fraction of sp³-hybridized carbons (Fsp3) is 0.486. The SMILES string of the molecule is C=CCC1(CC=C)CC2C(c3ccc(C)cc3C)N(C(=O)N(C)C(C)c3cc(C(C)C)cc(C(F)(F)F)c3)CCN2C1=O. The van der Waals surface area contributed by atoms with E-state index in [2.05, 4.69) is 19.2 Å². The molecule has 43 heavy (non-hydrogen) atoms. The fourth-order valence-corrected chi connectivity index (χ4v) is 6.90. The Kier molecular flexibility index (Phi) is 9.19. The van der Waals surface area contributed by atoms with Gasteiger partial charge in [0.2, 0.25) is 5.91 Å². The molecule has 0 saturated carbocycles. The molecule has 3 atom stereocenters. The molecule has 2 fully saturated rings. The summed E-state index contributed by atoms with van der Waals surface area (Å²) in [5.41, 5.74) is 2.72. The van der Waals surface area contributed by atoms with Crippen molar-refractivity contribution in [1.82, 2.24) is 14.7 Å². The van der Waals surface area contributed by atoms with Crippen LogP contribution in [0.25, 0.3) is 0 Å². The highest BCUT2D eigenvalue weighted by atomic mass is 19.4. The zero-order chi connectivity index (χ0) is 31.9. The number of alkyl halides is 3. The van der Waals surface area contributed by atoms with Gasteiger partial charge in [-0.1, -0.05) is 55.8 Å². The van der Waals surface area contributed by atoms with E-state index in [0.717, 1.165) is 22.8 Å². The van der Waals surface area contributed by atoms with E-state index in [-0.39, 0.29) is 23.9 Å². The van der Waals surface area contributed by atoms with Crippen LogP contribution < -0.4 is 0 Å². The number of urea groups is 1. The van der Waals surface area contributed by atoms with E-state index < -0.39 is 29.2 Å². The first-order valence-corrected chi connectivity index (χ1v) is 15.0. The van der Waals surface area contributed by atoms with Gasteiger partial charge in [0, 0.05) is 20.1 Å². The Bertz CT molecular complexity index is 1390. The number of fused-ring (bicyclic) bond motifs is 1. The smallest absolute Gasteiger partial charge is 0.335 e. The van der Waals surface area contributed by atoms with Gasteiger partial charge >= 0.3 is 12.2 Å². The van der Waals surface area contributed by atoms with E-state index >= 15 is 0 Å². The summed E-state index contributed by atoms with van der Waals surface area (Å²) in [4.78, 5) is 33.5. The Labute approximate surface area is 254 Å². The van der Waals surface area contributed by atoms with Crippen molar-refractivity contribution in [2.75, 3.05) is 20.1 Å². The van der Waals surface area contributed by atoms with E-state index in [1.165, 1.54) is 11.0 Å². The summed E-state index contributed by atoms with van der Waals surface area (Å²) in [7, 11) is 1.65. The summed E-state index contributed by atoms with van der Waals surface area (Å²) < 4.78 is 41.5. The summed E-state index contributed by atoms with van der Waals surface area (Å²) in [6.45, 7) is 18.0. The van der Waals surface area contributed by atoms with Gasteiger partial charge in [0.15, 0.2) is 0 Å². The van der Waals surface area contributed by atoms with Gasteiger partial charge in [0.05, 0.1) is 29.1 Å². The molecule has 0 aromatic heterocycles. The van der Waals surface area contributed by atoms with Crippen LogP contribution in [0.1, 0.15) is 91.4 Å². The molecule has 3 unspecified atom stereocenters. The predicted octanol–water partition coefficient (Wildman–Crippen LogP) is 8.35. The number of carbonyl (C=O) groups is 2. The topological polar surface area (TPSA) is 43.9 Å². The first-order chi connectivity index (χ1) is 20.1. The third-order valence-electron chi connectivity index (χ3n) is 9.39. The predicted molar refractivity (Wildman–Crippen MR) is 165 cm³/mol. The number of aryl methyl sites for hydroxylation is 2. The number of benzene rings is 2. The number of halogens is 3. The second kappa shape index (κ2) is 12.2. The molecule has 0 N–H and O–H groups in total. The van der Waals surface area contributed by atoms with Crippen LogP contribution in [-0.4, -0.2) is 52.8 Å². The Balaban J connectivity index is 1.75. The second-order valence-electron chi connectivity index (χ2n) is 12.6. The Morgan fingerprint density at radius 2 is 1.67 bits per heavy atom. The molecule has 0 aliphatic carbocycles. The molecule has 5 nitrogen and oxygen atoms in total. The van der Waals surface area contributed by atoms with E-state index in [0.29, 0.717) is 43.5 Å². The van der Waals surface area contributed by atoms with Gasteiger partial charge in [0.1, 0.15) is 0 Å². The minimum absolute atomic E-state index is 0.0612. The highest BCUT2D eigenvalue weighted by Crippen LogP contribution is 2.50. The fourth-order valence-electron chi connectivity index (χ4n) is 6.90. The molecule has 3 amide bonds. The number of carbonyl (C=O) groups excluding carboxylic acids is 2. The van der Waals surface area contributed by atoms with Gasteiger partial charge in [0.25, 0.3) is 0 Å². The van der Waals surface area contributed by atoms with Crippen LogP contribution in [-0.2, 0) is 11.0 Å². The lowest BCUT2D eigenvalue weighted by Gasteiger charge is -2.47. The minimum Gasteiger partial charge on any atom is -0.335 e. The van der Waals surface area contributed by atoms with Crippen LogP contribution in [0.3, 0.4) is 0 Å². The van der Waals surface area contributed by atoms with Gasteiger partial charge in [-0.2, -0.15) is 13.2 Å². The standard InChI is InChI=1S/C35H44F3N3O2/c1-9-13-34(14-10-2)21-30-31(29-12-11-23(5)17-24(29)6)41(16-15-40(30)32(34)42)33(43)39(8)25(7)27-18-26(22(3)4)19-28(20-27)35(36,37)38/h9-12,17-20,22,25,30-31H,1-2,13-16,21H2,3-8H3. The number of hydrogen-bond acceptors (Lipinski definition) is 2. The summed E-state index contributed by atoms with van der Waals surface area (Å²) >= 11 is 0. The molecule has 0 spiro atoms. The molecule has 2 saturated heterocycles. The van der Waals surface area contributed by atoms with Crippen LogP contribution in [0.2, 0.25) is 0 Å². The normalized spacial score (nSPS) is 20.7. The lowest BCUT2D eigenvalue weighted by atomic mass is 9.76. The average Bonchev–Trinajstić information content (AvgIpc) is 3.22. The first-order valence-electron chi connectivity index (χ1n) is 15.0. The van der Waals surface area contributed by atoms with E-state index in [9.17, 15) is 22.8 Å². The molecular formula is C35H44F3N3O2. The second-order valence-corrected chi connectivity index (χ2v) is 12.6. The Hall–Kier alpha value is -3.55. The Morgan fingerprint density at radius 1 is 1.05 bits per heavy atom. The van der Waals surface area contributed by atoms with Crippen molar-refractivity contribution in [3.63, 3.8) is 0 Å². The van der Waals surface area contributed by atoms with Crippen molar-refractivity contribution < 1.29 is 22.8 Å². The van der Waals surface area contributed by atoms with Gasteiger partial charge < -0.3 is 14.7 Å². The van der Waals surface area contributed by atoms with E-state index in [1.54, 1.807) is 32.2 Å². The third-order valence-corrected chi connectivity index (χ3v) is 9.39. The minimum atomic E-state index is -4.50. The number of nitrogens with zero attached hydrogens (tertiary/aromatic N) is 3. The summed E-state index contributed by atoms with van der Waals surface area (Å²) in [5.74, 6) is -0.0476. The molecule has 232 valence electrons. The number of allylic oxidation sites excluding steroid dienone is 2. The lowest BCUT2D eigenvalue weighted by Crippen LogP contribution is -2.57. The maximum absolute atomic E-state index is 14.4. The number of hydrogen-bond donors (Lipinski definition) is 0. The van der Waals surface area contributed by atoms with Gasteiger partial charge in [-0.15, -0.1) is 13.2 Å². The van der Waals surface area contributed by atoms with Crippen molar-refractivity contribution in [2.45, 2.75) is 84.1 Å². The maximum Gasteiger partial charge on any atom is 0.416 e. The number of rotatable bonds is 8. The van der Waals surface area contributed by atoms with Gasteiger partial charge in [-0.05, 0) is 80.3 Å². The van der Waals surface area contributed by atoms with Gasteiger partial charge in [-0.25, -0.2) is 4.79 Å². The quantitative estimate of drug-likeness (QED) is 0.288. The molecule has 0 radical (unpaired) electrons. The highest BCUT2D eigenvalue weighted by Gasteiger charge is 2.56. The van der Waals surface area contributed by atoms with Gasteiger partial charge in [-0.3, -0.25) is 4.79 Å². The van der Waals surface area contributed by atoms with Crippen LogP contribution in [0, 0.1) is 19.3 Å². The molecule has 2 aromatic carbocycles. The Morgan fingerprint density at radius 3 is 2.23 bits per heavy atom. The third kappa shape index (κ3) is 6.11. The van der Waals surface area contributed by atoms with Crippen LogP contribution in [0.5, 0.6) is 0 Å². The van der Waals surface area contributed by atoms with Crippen molar-refractivity contribution in [3.05, 3.63) is 95.1 Å². The van der Waals surface area contributed by atoms with E-state index in [4.69, 9.17) is 0 Å². The van der Waals surface area contributed by atoms with Crippen molar-refractivity contribution in [3.8, 4) is 0 Å². The maximum atomic E-state index is 14.4. The summed E-state index contributed by atoms with van der Waals surface area (Å²) in [5, 5.41) is 0. The average molecular weight is 596 g/mol. The summed E-state index contributed by atoms with van der Waals surface area (Å²) in [6, 6.07) is 8.68. The van der Waals surface area contributed by atoms with Crippen molar-refractivity contribution >= 4 is 11.9 Å². The molecule has 4 rings (SSSR count).